The van der Waals surface area contributed by atoms with Gasteiger partial charge in [-0.05, 0) is 56.4 Å². The minimum Gasteiger partial charge on any atom is -0.472 e. The lowest BCUT2D eigenvalue weighted by Crippen LogP contribution is -2.24. The minimum absolute atomic E-state index is 0.0590. The number of hydrogen-bond acceptors (Lipinski definition) is 4. The molecule has 4 rings (SSSR count). The zero-order chi connectivity index (χ0) is 24.1. The zero-order valence-corrected chi connectivity index (χ0v) is 19.4. The number of carbonyl (C=O) groups is 3. The summed E-state index contributed by atoms with van der Waals surface area (Å²) < 4.78 is 6.05. The van der Waals surface area contributed by atoms with Crippen LogP contribution in [0.2, 0.25) is 0 Å². The number of benzene rings is 3. The van der Waals surface area contributed by atoms with Crippen LogP contribution in [0.1, 0.15) is 27.4 Å². The number of ether oxygens (including phenoxy) is 1. The van der Waals surface area contributed by atoms with E-state index >= 15 is 0 Å². The summed E-state index contributed by atoms with van der Waals surface area (Å²) in [6.07, 6.45) is -0.636. The molecule has 1 aliphatic carbocycles. The second kappa shape index (κ2) is 10.2. The molecule has 2 amide bonds. The van der Waals surface area contributed by atoms with Crippen molar-refractivity contribution in [2.24, 2.45) is 0 Å². The maximum Gasteiger partial charge on any atom is 0.411 e. The van der Waals surface area contributed by atoms with E-state index in [2.05, 4.69) is 44.6 Å². The van der Waals surface area contributed by atoms with Gasteiger partial charge < -0.3 is 15.2 Å². The highest BCUT2D eigenvalue weighted by Crippen LogP contribution is 2.44. The third-order valence-corrected chi connectivity index (χ3v) is 6.03. The highest BCUT2D eigenvalue weighted by Gasteiger charge is 2.29. The molecule has 0 radical (unpaired) electrons. The molecule has 0 unspecified atom stereocenters. The average Bonchev–Trinajstić information content (AvgIpc) is 3.15. The van der Waals surface area contributed by atoms with E-state index in [0.29, 0.717) is 10.2 Å². The molecule has 0 fully saturated rings. The number of halogens is 1. The Labute approximate surface area is 204 Å². The van der Waals surface area contributed by atoms with E-state index in [-0.39, 0.29) is 24.6 Å². The molecule has 8 heteroatoms. The van der Waals surface area contributed by atoms with Gasteiger partial charge in [-0.25, -0.2) is 9.59 Å². The van der Waals surface area contributed by atoms with Gasteiger partial charge in [0.15, 0.2) is 0 Å². The summed E-state index contributed by atoms with van der Waals surface area (Å²) in [7, 11) is 0. The van der Waals surface area contributed by atoms with Gasteiger partial charge in [0.1, 0.15) is 6.61 Å². The Balaban J connectivity index is 1.40. The number of fused-ring (bicyclic) bond motifs is 3. The number of rotatable bonds is 5. The third kappa shape index (κ3) is 5.11. The van der Waals surface area contributed by atoms with Gasteiger partial charge in [0.25, 0.3) is 5.91 Å². The monoisotopic (exact) mass is 518 g/mol. The number of carbonyl (C=O) groups excluding carboxylic acids is 2. The van der Waals surface area contributed by atoms with Crippen LogP contribution in [0.15, 0.2) is 71.2 Å². The fraction of sp³-hybridized carbons (Fsp3) is 0.115. The van der Waals surface area contributed by atoms with Crippen LogP contribution < -0.4 is 10.6 Å². The van der Waals surface area contributed by atoms with Crippen molar-refractivity contribution < 1.29 is 24.2 Å². The maximum atomic E-state index is 12.5. The number of aliphatic carboxylic acids is 1. The van der Waals surface area contributed by atoms with E-state index < -0.39 is 18.0 Å². The van der Waals surface area contributed by atoms with E-state index in [1.54, 1.807) is 12.1 Å². The first-order chi connectivity index (χ1) is 16.4. The smallest absolute Gasteiger partial charge is 0.411 e. The van der Waals surface area contributed by atoms with E-state index in [9.17, 15) is 14.4 Å². The Kier molecular flexibility index (Phi) is 6.95. The fourth-order valence-corrected chi connectivity index (χ4v) is 4.30. The second-order valence-corrected chi connectivity index (χ2v) is 8.29. The van der Waals surface area contributed by atoms with Crippen molar-refractivity contribution in [1.82, 2.24) is 5.32 Å². The van der Waals surface area contributed by atoms with Gasteiger partial charge in [-0.3, -0.25) is 10.1 Å². The molecule has 0 saturated heterocycles. The molecule has 170 valence electrons. The van der Waals surface area contributed by atoms with Crippen molar-refractivity contribution in [3.63, 3.8) is 0 Å². The van der Waals surface area contributed by atoms with E-state index in [4.69, 9.17) is 9.84 Å². The molecule has 3 aromatic rings. The highest BCUT2D eigenvalue weighted by atomic mass is 79.9. The number of carboxylic acids is 1. The van der Waals surface area contributed by atoms with Crippen LogP contribution in [0.4, 0.5) is 10.5 Å². The van der Waals surface area contributed by atoms with Crippen LogP contribution in [0.5, 0.6) is 0 Å². The van der Waals surface area contributed by atoms with E-state index in [1.807, 2.05) is 42.3 Å². The van der Waals surface area contributed by atoms with Crippen LogP contribution in [0, 0.1) is 11.8 Å². The molecule has 1 aliphatic rings. The lowest BCUT2D eigenvalue weighted by atomic mass is 9.98. The van der Waals surface area contributed by atoms with Crippen molar-refractivity contribution in [2.45, 2.75) is 5.92 Å². The summed E-state index contributed by atoms with van der Waals surface area (Å²) in [5.41, 5.74) is 5.15. The molecule has 3 N–H and O–H groups in total. The second-order valence-electron chi connectivity index (χ2n) is 7.43. The van der Waals surface area contributed by atoms with Crippen LogP contribution in [-0.4, -0.2) is 36.2 Å². The first-order valence-electron chi connectivity index (χ1n) is 10.4. The number of amides is 2. The highest BCUT2D eigenvalue weighted by molar-refractivity contribution is 9.10. The minimum atomic E-state index is -1.27. The third-order valence-electron chi connectivity index (χ3n) is 5.33. The lowest BCUT2D eigenvalue weighted by Gasteiger charge is -2.15. The summed E-state index contributed by atoms with van der Waals surface area (Å²) in [5, 5.41) is 13.7. The number of anilines is 1. The van der Waals surface area contributed by atoms with Crippen LogP contribution >= 0.6 is 15.9 Å². The van der Waals surface area contributed by atoms with Crippen LogP contribution in [0.25, 0.3) is 11.1 Å². The molecule has 0 aromatic heterocycles. The van der Waals surface area contributed by atoms with Gasteiger partial charge in [0, 0.05) is 22.0 Å². The molecule has 0 spiro atoms. The Bertz CT molecular complexity index is 1300. The van der Waals surface area contributed by atoms with Crippen LogP contribution in [-0.2, 0) is 9.53 Å². The normalized spacial score (nSPS) is 11.4. The standard InChI is InChI=1S/C26H19BrN2O5/c27-23-12-11-16(14-21(23)25(32)28-13-5-10-24(30)31)29-26(33)34-15-22-19-8-3-1-6-17(19)18-7-2-4-9-20(18)22/h1-4,6-9,11-12,14,22H,13,15H2,(H,28,32)(H,29,33)(H,30,31). The number of carboxylic acid groups (broad SMARTS) is 1. The Hall–Kier alpha value is -4.09. The molecule has 7 nitrogen and oxygen atoms in total. The van der Waals surface area contributed by atoms with Crippen molar-refractivity contribution >= 4 is 39.6 Å². The predicted molar refractivity (Wildman–Crippen MR) is 131 cm³/mol. The molecular formula is C26H19BrN2O5. The molecule has 0 saturated carbocycles. The Morgan fingerprint density at radius 2 is 1.62 bits per heavy atom. The molecule has 0 atom stereocenters. The quantitative estimate of drug-likeness (QED) is 0.427. The molecular weight excluding hydrogens is 500 g/mol. The molecule has 3 aromatic carbocycles. The fourth-order valence-electron chi connectivity index (χ4n) is 3.87. The van der Waals surface area contributed by atoms with Gasteiger partial charge in [-0.1, -0.05) is 54.5 Å². The molecule has 0 aliphatic heterocycles. The van der Waals surface area contributed by atoms with Crippen LogP contribution in [0.3, 0.4) is 0 Å². The topological polar surface area (TPSA) is 105 Å². The van der Waals surface area contributed by atoms with Gasteiger partial charge in [0.2, 0.25) is 0 Å². The number of hydrogen-bond donors (Lipinski definition) is 3. The summed E-state index contributed by atoms with van der Waals surface area (Å²) in [4.78, 5) is 35.3. The summed E-state index contributed by atoms with van der Waals surface area (Å²) >= 11 is 3.30. The first kappa shape index (κ1) is 23.1. The van der Waals surface area contributed by atoms with Gasteiger partial charge in [-0.15, -0.1) is 0 Å². The van der Waals surface area contributed by atoms with Crippen molar-refractivity contribution in [1.29, 1.82) is 0 Å². The van der Waals surface area contributed by atoms with E-state index in [0.717, 1.165) is 22.3 Å². The lowest BCUT2D eigenvalue weighted by molar-refractivity contribution is -0.130. The number of nitrogens with one attached hydrogen (secondary N) is 2. The summed E-state index contributed by atoms with van der Waals surface area (Å²) in [6, 6.07) is 20.9. The molecule has 0 bridgehead atoms. The van der Waals surface area contributed by atoms with Gasteiger partial charge in [-0.2, -0.15) is 0 Å². The van der Waals surface area contributed by atoms with Crippen molar-refractivity contribution in [3.05, 3.63) is 87.9 Å². The largest absolute Gasteiger partial charge is 0.472 e. The maximum absolute atomic E-state index is 12.5. The zero-order valence-electron chi connectivity index (χ0n) is 17.8. The molecule has 34 heavy (non-hydrogen) atoms. The summed E-state index contributed by atoms with van der Waals surface area (Å²) in [6.45, 7) is 0.0492. The predicted octanol–water partition coefficient (Wildman–Crippen LogP) is 4.63. The average molecular weight is 519 g/mol. The Morgan fingerprint density at radius 1 is 0.971 bits per heavy atom. The van der Waals surface area contributed by atoms with Gasteiger partial charge in [0.05, 0.1) is 12.1 Å². The first-order valence-corrected chi connectivity index (χ1v) is 11.1. The Morgan fingerprint density at radius 3 is 2.26 bits per heavy atom. The van der Waals surface area contributed by atoms with Gasteiger partial charge >= 0.3 is 12.1 Å². The molecule has 0 heterocycles. The van der Waals surface area contributed by atoms with E-state index in [1.165, 1.54) is 6.07 Å². The SMILES string of the molecule is O=C(O)C#CCNC(=O)c1cc(NC(=O)OCC2c3ccccc3-c3ccccc32)ccc1Br. The van der Waals surface area contributed by atoms with Crippen molar-refractivity contribution in [3.8, 4) is 23.0 Å². The van der Waals surface area contributed by atoms with Crippen molar-refractivity contribution in [2.75, 3.05) is 18.5 Å². The summed E-state index contributed by atoms with van der Waals surface area (Å²) in [5.74, 6) is 2.44.